The standard InChI is InChI=1S/C15H21N3O/c1-12-4-3-7-18-11-13(16-14(12)18)10-17-8-5-15(2,19)6-9-17/h3-4,7,11,19H,5-6,8-10H2,1-2H3. The first-order valence-electron chi connectivity index (χ1n) is 6.91. The minimum Gasteiger partial charge on any atom is -0.390 e. The molecule has 0 atom stereocenters. The lowest BCUT2D eigenvalue weighted by Crippen LogP contribution is -2.42. The van der Waals surface area contributed by atoms with Gasteiger partial charge in [-0.2, -0.15) is 0 Å². The summed E-state index contributed by atoms with van der Waals surface area (Å²) in [5, 5.41) is 9.96. The maximum atomic E-state index is 9.96. The fourth-order valence-corrected chi connectivity index (χ4v) is 2.70. The van der Waals surface area contributed by atoms with Gasteiger partial charge >= 0.3 is 0 Å². The van der Waals surface area contributed by atoms with Crippen molar-refractivity contribution < 1.29 is 5.11 Å². The van der Waals surface area contributed by atoms with E-state index in [2.05, 4.69) is 28.5 Å². The van der Waals surface area contributed by atoms with Crippen LogP contribution in [0.4, 0.5) is 0 Å². The summed E-state index contributed by atoms with van der Waals surface area (Å²) in [6.07, 6.45) is 5.84. The second kappa shape index (κ2) is 4.62. The summed E-state index contributed by atoms with van der Waals surface area (Å²) in [7, 11) is 0. The maximum Gasteiger partial charge on any atom is 0.139 e. The van der Waals surface area contributed by atoms with Crippen LogP contribution < -0.4 is 0 Å². The summed E-state index contributed by atoms with van der Waals surface area (Å²) in [4.78, 5) is 7.07. The molecule has 3 heterocycles. The molecule has 0 amide bonds. The van der Waals surface area contributed by atoms with E-state index in [9.17, 15) is 5.11 Å². The molecule has 1 aliphatic heterocycles. The Bertz CT molecular complexity index is 578. The van der Waals surface area contributed by atoms with E-state index in [1.807, 2.05) is 19.2 Å². The van der Waals surface area contributed by atoms with Crippen LogP contribution in [0, 0.1) is 6.92 Å². The first-order chi connectivity index (χ1) is 9.03. The zero-order chi connectivity index (χ0) is 13.5. The van der Waals surface area contributed by atoms with Crippen molar-refractivity contribution in [1.29, 1.82) is 0 Å². The van der Waals surface area contributed by atoms with Crippen molar-refractivity contribution in [1.82, 2.24) is 14.3 Å². The third-order valence-electron chi connectivity index (χ3n) is 4.05. The van der Waals surface area contributed by atoms with Gasteiger partial charge in [0.15, 0.2) is 0 Å². The molecule has 2 aromatic heterocycles. The molecule has 0 spiro atoms. The molecule has 1 fully saturated rings. The van der Waals surface area contributed by atoms with Crippen LogP contribution in [-0.2, 0) is 6.54 Å². The number of rotatable bonds is 2. The van der Waals surface area contributed by atoms with Crippen LogP contribution in [0.5, 0.6) is 0 Å². The number of imidazole rings is 1. The predicted molar refractivity (Wildman–Crippen MR) is 75.1 cm³/mol. The average molecular weight is 259 g/mol. The Labute approximate surface area is 113 Å². The Morgan fingerprint density at radius 3 is 2.79 bits per heavy atom. The molecule has 0 radical (unpaired) electrons. The fourth-order valence-electron chi connectivity index (χ4n) is 2.70. The molecule has 0 aromatic carbocycles. The number of likely N-dealkylation sites (tertiary alicyclic amines) is 1. The Hall–Kier alpha value is -1.39. The summed E-state index contributed by atoms with van der Waals surface area (Å²) in [6, 6.07) is 4.14. The van der Waals surface area contributed by atoms with Gasteiger partial charge in [0.25, 0.3) is 0 Å². The topological polar surface area (TPSA) is 40.8 Å². The molecule has 4 nitrogen and oxygen atoms in total. The highest BCUT2D eigenvalue weighted by molar-refractivity contribution is 5.47. The Balaban J connectivity index is 1.74. The predicted octanol–water partition coefficient (Wildman–Crippen LogP) is 1.99. The number of aromatic nitrogens is 2. The molecule has 0 unspecified atom stereocenters. The SMILES string of the molecule is Cc1cccn2cc(CN3CCC(C)(O)CC3)nc12. The highest BCUT2D eigenvalue weighted by atomic mass is 16.3. The highest BCUT2D eigenvalue weighted by Gasteiger charge is 2.27. The molecule has 3 rings (SSSR count). The summed E-state index contributed by atoms with van der Waals surface area (Å²) in [5.41, 5.74) is 2.87. The van der Waals surface area contributed by atoms with Gasteiger partial charge in [-0.15, -0.1) is 0 Å². The second-order valence-electron chi connectivity index (χ2n) is 5.93. The zero-order valence-electron chi connectivity index (χ0n) is 11.6. The molecule has 1 saturated heterocycles. The number of fused-ring (bicyclic) bond motifs is 1. The smallest absolute Gasteiger partial charge is 0.139 e. The van der Waals surface area contributed by atoms with Gasteiger partial charge in [-0.25, -0.2) is 4.98 Å². The molecular weight excluding hydrogens is 238 g/mol. The quantitative estimate of drug-likeness (QED) is 0.896. The van der Waals surface area contributed by atoms with E-state index in [4.69, 9.17) is 4.98 Å². The van der Waals surface area contributed by atoms with Crippen molar-refractivity contribution in [2.75, 3.05) is 13.1 Å². The number of aliphatic hydroxyl groups is 1. The lowest BCUT2D eigenvalue weighted by atomic mass is 9.94. The lowest BCUT2D eigenvalue weighted by Gasteiger charge is -2.35. The maximum absolute atomic E-state index is 9.96. The molecule has 4 heteroatoms. The number of hydrogen-bond donors (Lipinski definition) is 1. The number of piperidine rings is 1. The molecule has 0 aliphatic carbocycles. The third-order valence-corrected chi connectivity index (χ3v) is 4.05. The van der Waals surface area contributed by atoms with Crippen LogP contribution in [0.2, 0.25) is 0 Å². The van der Waals surface area contributed by atoms with Crippen molar-refractivity contribution in [2.45, 2.75) is 38.8 Å². The first-order valence-corrected chi connectivity index (χ1v) is 6.91. The normalized spacial score (nSPS) is 19.9. The van der Waals surface area contributed by atoms with Gasteiger partial charge in [0.05, 0.1) is 11.3 Å². The number of aryl methyl sites for hydroxylation is 1. The second-order valence-corrected chi connectivity index (χ2v) is 5.93. The van der Waals surface area contributed by atoms with Crippen molar-refractivity contribution in [3.63, 3.8) is 0 Å². The van der Waals surface area contributed by atoms with Crippen LogP contribution in [0.15, 0.2) is 24.5 Å². The Morgan fingerprint density at radius 2 is 2.11 bits per heavy atom. The van der Waals surface area contributed by atoms with Gasteiger partial charge in [0.1, 0.15) is 5.65 Å². The molecule has 0 bridgehead atoms. The minimum absolute atomic E-state index is 0.480. The van der Waals surface area contributed by atoms with Gasteiger partial charge in [0.2, 0.25) is 0 Å². The Kier molecular flexibility index (Phi) is 3.07. The highest BCUT2D eigenvalue weighted by Crippen LogP contribution is 2.22. The zero-order valence-corrected chi connectivity index (χ0v) is 11.6. The summed E-state index contributed by atoms with van der Waals surface area (Å²) in [6.45, 7) is 6.78. The number of pyridine rings is 1. The van der Waals surface area contributed by atoms with Gasteiger partial charge in [-0.1, -0.05) is 6.07 Å². The van der Waals surface area contributed by atoms with Crippen LogP contribution in [0.1, 0.15) is 31.0 Å². The van der Waals surface area contributed by atoms with Crippen molar-refractivity contribution in [3.8, 4) is 0 Å². The molecule has 1 N–H and O–H groups in total. The summed E-state index contributed by atoms with van der Waals surface area (Å²) < 4.78 is 2.09. The molecular formula is C15H21N3O. The number of nitrogens with zero attached hydrogens (tertiary/aromatic N) is 3. The molecule has 1 aliphatic rings. The molecule has 2 aromatic rings. The van der Waals surface area contributed by atoms with E-state index in [0.717, 1.165) is 43.8 Å². The van der Waals surface area contributed by atoms with Crippen molar-refractivity contribution in [3.05, 3.63) is 35.8 Å². The van der Waals surface area contributed by atoms with Crippen LogP contribution in [0.3, 0.4) is 0 Å². The first kappa shape index (κ1) is 12.6. The minimum atomic E-state index is -0.480. The number of hydrogen-bond acceptors (Lipinski definition) is 3. The van der Waals surface area contributed by atoms with Crippen molar-refractivity contribution in [2.24, 2.45) is 0 Å². The fraction of sp³-hybridized carbons (Fsp3) is 0.533. The van der Waals surface area contributed by atoms with Crippen molar-refractivity contribution >= 4 is 5.65 Å². The van der Waals surface area contributed by atoms with Crippen LogP contribution in [0.25, 0.3) is 5.65 Å². The van der Waals surface area contributed by atoms with E-state index in [0.29, 0.717) is 0 Å². The van der Waals surface area contributed by atoms with Gasteiger partial charge < -0.3 is 9.51 Å². The summed E-state index contributed by atoms with van der Waals surface area (Å²) >= 11 is 0. The largest absolute Gasteiger partial charge is 0.390 e. The van der Waals surface area contributed by atoms with E-state index < -0.39 is 5.60 Å². The average Bonchev–Trinajstić information content (AvgIpc) is 2.76. The van der Waals surface area contributed by atoms with E-state index in [1.54, 1.807) is 0 Å². The molecule has 102 valence electrons. The van der Waals surface area contributed by atoms with E-state index in [1.165, 1.54) is 5.56 Å². The molecule has 19 heavy (non-hydrogen) atoms. The summed E-state index contributed by atoms with van der Waals surface area (Å²) in [5.74, 6) is 0. The van der Waals surface area contributed by atoms with Gasteiger partial charge in [-0.3, -0.25) is 4.90 Å². The van der Waals surface area contributed by atoms with Crippen LogP contribution in [-0.4, -0.2) is 38.1 Å². The van der Waals surface area contributed by atoms with Gasteiger partial charge in [0, 0.05) is 32.0 Å². The molecule has 0 saturated carbocycles. The van der Waals surface area contributed by atoms with Crippen LogP contribution >= 0.6 is 0 Å². The van der Waals surface area contributed by atoms with E-state index in [-0.39, 0.29) is 0 Å². The third kappa shape index (κ3) is 2.65. The lowest BCUT2D eigenvalue weighted by molar-refractivity contribution is -0.00754. The Morgan fingerprint density at radius 1 is 1.37 bits per heavy atom. The monoisotopic (exact) mass is 259 g/mol. The van der Waals surface area contributed by atoms with Gasteiger partial charge in [-0.05, 0) is 38.3 Å². The van der Waals surface area contributed by atoms with E-state index >= 15 is 0 Å².